The molecule has 1 heterocycles. The third-order valence-corrected chi connectivity index (χ3v) is 5.29. The number of hydrogen-bond acceptors (Lipinski definition) is 3. The minimum Gasteiger partial charge on any atom is -0.264 e. The van der Waals surface area contributed by atoms with E-state index in [0.29, 0.717) is 18.0 Å². The van der Waals surface area contributed by atoms with E-state index < -0.39 is 10.0 Å². The largest absolute Gasteiger partial charge is 0.264 e. The zero-order valence-corrected chi connectivity index (χ0v) is 14.5. The van der Waals surface area contributed by atoms with Crippen LogP contribution in [0.4, 0.5) is 0 Å². The van der Waals surface area contributed by atoms with Crippen molar-refractivity contribution in [2.45, 2.75) is 32.6 Å². The summed E-state index contributed by atoms with van der Waals surface area (Å²) in [6.07, 6.45) is 3.33. The average molecular weight is 320 g/mol. The lowest BCUT2D eigenvalue weighted by Gasteiger charge is -2.26. The highest BCUT2D eigenvalue weighted by Crippen LogP contribution is 2.26. The maximum atomic E-state index is 13.1. The van der Waals surface area contributed by atoms with Gasteiger partial charge in [0.05, 0.1) is 4.90 Å². The normalized spacial score (nSPS) is 12.7. The van der Waals surface area contributed by atoms with E-state index >= 15 is 0 Å². The van der Waals surface area contributed by atoms with Crippen molar-refractivity contribution in [1.29, 1.82) is 0 Å². The number of pyridine rings is 1. The summed E-state index contributed by atoms with van der Waals surface area (Å²) in [7, 11) is -3.51. The fraction of sp³-hybridized carbons (Fsp3) is 0.471. The highest BCUT2D eigenvalue weighted by molar-refractivity contribution is 7.89. The molecule has 4 nitrogen and oxygen atoms in total. The van der Waals surface area contributed by atoms with E-state index in [2.05, 4.69) is 4.98 Å². The van der Waals surface area contributed by atoms with Crippen molar-refractivity contribution in [1.82, 2.24) is 9.29 Å². The number of benzene rings is 1. The van der Waals surface area contributed by atoms with Gasteiger partial charge in [0.1, 0.15) is 0 Å². The van der Waals surface area contributed by atoms with Crippen LogP contribution in [0.5, 0.6) is 0 Å². The summed E-state index contributed by atoms with van der Waals surface area (Å²) in [4.78, 5) is 4.44. The Morgan fingerprint density at radius 2 is 1.68 bits per heavy atom. The number of fused-ring (bicyclic) bond motifs is 1. The quantitative estimate of drug-likeness (QED) is 0.818. The molecule has 0 amide bonds. The van der Waals surface area contributed by atoms with Gasteiger partial charge in [0.15, 0.2) is 0 Å². The van der Waals surface area contributed by atoms with E-state index in [1.807, 2.05) is 33.8 Å². The predicted molar refractivity (Wildman–Crippen MR) is 90.2 cm³/mol. The molecule has 0 bridgehead atoms. The van der Waals surface area contributed by atoms with Gasteiger partial charge in [0.2, 0.25) is 10.0 Å². The first-order chi connectivity index (χ1) is 10.3. The molecule has 0 aliphatic carbocycles. The van der Waals surface area contributed by atoms with E-state index in [-0.39, 0.29) is 11.8 Å². The SMILES string of the molecule is CC(C)CN(CC(C)C)S(=O)(=O)c1cccc2cnccc12. The molecule has 0 spiro atoms. The average Bonchev–Trinajstić information content (AvgIpc) is 2.45. The van der Waals surface area contributed by atoms with Gasteiger partial charge in [0.25, 0.3) is 0 Å². The van der Waals surface area contributed by atoms with Crippen LogP contribution in [0.15, 0.2) is 41.6 Å². The highest BCUT2D eigenvalue weighted by atomic mass is 32.2. The number of hydrogen-bond donors (Lipinski definition) is 0. The standard InChI is InChI=1S/C17H24N2O2S/c1-13(2)11-19(12-14(3)4)22(20,21)17-7-5-6-15-10-18-9-8-16(15)17/h5-10,13-14H,11-12H2,1-4H3. The first kappa shape index (κ1) is 16.9. The maximum Gasteiger partial charge on any atom is 0.243 e. The lowest BCUT2D eigenvalue weighted by Crippen LogP contribution is -2.37. The number of sulfonamides is 1. The lowest BCUT2D eigenvalue weighted by atomic mass is 10.2. The fourth-order valence-electron chi connectivity index (χ4n) is 2.54. The summed E-state index contributed by atoms with van der Waals surface area (Å²) in [5.41, 5.74) is 0. The summed E-state index contributed by atoms with van der Waals surface area (Å²) < 4.78 is 27.9. The fourth-order valence-corrected chi connectivity index (χ4v) is 4.52. The Kier molecular flexibility index (Phi) is 5.19. The molecule has 0 radical (unpaired) electrons. The molecule has 5 heteroatoms. The summed E-state index contributed by atoms with van der Waals surface area (Å²) >= 11 is 0. The smallest absolute Gasteiger partial charge is 0.243 e. The van der Waals surface area contributed by atoms with Crippen LogP contribution in [0.1, 0.15) is 27.7 Å². The molecule has 0 saturated carbocycles. The Morgan fingerprint density at radius 1 is 1.05 bits per heavy atom. The molecule has 120 valence electrons. The van der Waals surface area contributed by atoms with E-state index in [9.17, 15) is 8.42 Å². The molecule has 0 atom stereocenters. The molecule has 0 saturated heterocycles. The summed E-state index contributed by atoms with van der Waals surface area (Å²) in [6, 6.07) is 7.12. The van der Waals surface area contributed by atoms with E-state index in [1.165, 1.54) is 0 Å². The van der Waals surface area contributed by atoms with Crippen LogP contribution in [0, 0.1) is 11.8 Å². The molecule has 0 aliphatic rings. The van der Waals surface area contributed by atoms with Gasteiger partial charge < -0.3 is 0 Å². The molecular weight excluding hydrogens is 296 g/mol. The highest BCUT2D eigenvalue weighted by Gasteiger charge is 2.27. The third kappa shape index (κ3) is 3.65. The molecule has 0 N–H and O–H groups in total. The van der Waals surface area contributed by atoms with Crippen molar-refractivity contribution in [2.24, 2.45) is 11.8 Å². The van der Waals surface area contributed by atoms with Gasteiger partial charge in [-0.3, -0.25) is 4.98 Å². The summed E-state index contributed by atoms with van der Waals surface area (Å²) in [6.45, 7) is 9.21. The van der Waals surface area contributed by atoms with Crippen molar-refractivity contribution in [3.05, 3.63) is 36.7 Å². The van der Waals surface area contributed by atoms with Gasteiger partial charge in [-0.1, -0.05) is 39.8 Å². The zero-order chi connectivity index (χ0) is 16.3. The van der Waals surface area contributed by atoms with Crippen molar-refractivity contribution in [2.75, 3.05) is 13.1 Å². The topological polar surface area (TPSA) is 50.3 Å². The molecule has 0 unspecified atom stereocenters. The van der Waals surface area contributed by atoms with Gasteiger partial charge in [-0.25, -0.2) is 8.42 Å². The Bertz CT molecular complexity index is 724. The second kappa shape index (κ2) is 6.75. The molecule has 22 heavy (non-hydrogen) atoms. The summed E-state index contributed by atoms with van der Waals surface area (Å²) in [5, 5.41) is 1.58. The Balaban J connectivity index is 2.54. The summed E-state index contributed by atoms with van der Waals surface area (Å²) in [5.74, 6) is 0.565. The van der Waals surface area contributed by atoms with Crippen molar-refractivity contribution in [3.8, 4) is 0 Å². The molecule has 2 rings (SSSR count). The minimum atomic E-state index is -3.51. The molecule has 1 aromatic carbocycles. The van der Waals surface area contributed by atoms with Crippen LogP contribution in [-0.4, -0.2) is 30.8 Å². The van der Waals surface area contributed by atoms with E-state index in [4.69, 9.17) is 0 Å². The minimum absolute atomic E-state index is 0.283. The number of rotatable bonds is 6. The first-order valence-corrected chi connectivity index (χ1v) is 9.09. The Morgan fingerprint density at radius 3 is 2.27 bits per heavy atom. The molecule has 0 fully saturated rings. The van der Waals surface area contributed by atoms with Gasteiger partial charge in [-0.15, -0.1) is 0 Å². The Labute approximate surface area is 133 Å². The van der Waals surface area contributed by atoms with Crippen molar-refractivity contribution in [3.63, 3.8) is 0 Å². The van der Waals surface area contributed by atoms with Gasteiger partial charge in [-0.2, -0.15) is 4.31 Å². The van der Waals surface area contributed by atoms with E-state index in [0.717, 1.165) is 10.8 Å². The van der Waals surface area contributed by atoms with Gasteiger partial charge in [-0.05, 0) is 24.0 Å². The number of aromatic nitrogens is 1. The molecule has 0 aliphatic heterocycles. The van der Waals surface area contributed by atoms with Crippen LogP contribution in [0.25, 0.3) is 10.8 Å². The zero-order valence-electron chi connectivity index (χ0n) is 13.7. The van der Waals surface area contributed by atoms with Crippen LogP contribution < -0.4 is 0 Å². The predicted octanol–water partition coefficient (Wildman–Crippen LogP) is 3.54. The maximum absolute atomic E-state index is 13.1. The van der Waals surface area contributed by atoms with Gasteiger partial charge in [0, 0.05) is 36.3 Å². The lowest BCUT2D eigenvalue weighted by molar-refractivity contribution is 0.333. The second-order valence-corrected chi connectivity index (χ2v) is 8.37. The molecule has 1 aromatic heterocycles. The first-order valence-electron chi connectivity index (χ1n) is 7.65. The second-order valence-electron chi connectivity index (χ2n) is 6.46. The van der Waals surface area contributed by atoms with Crippen LogP contribution >= 0.6 is 0 Å². The molecular formula is C17H24N2O2S. The third-order valence-electron chi connectivity index (χ3n) is 3.40. The number of nitrogens with zero attached hydrogens (tertiary/aromatic N) is 2. The molecule has 2 aromatic rings. The van der Waals surface area contributed by atoms with Crippen molar-refractivity contribution >= 4 is 20.8 Å². The van der Waals surface area contributed by atoms with Crippen molar-refractivity contribution < 1.29 is 8.42 Å². The Hall–Kier alpha value is -1.46. The van der Waals surface area contributed by atoms with E-state index in [1.54, 1.807) is 34.9 Å². The van der Waals surface area contributed by atoms with Gasteiger partial charge >= 0.3 is 0 Å². The van der Waals surface area contributed by atoms with Crippen LogP contribution in [0.2, 0.25) is 0 Å². The van der Waals surface area contributed by atoms with Crippen LogP contribution in [0.3, 0.4) is 0 Å². The van der Waals surface area contributed by atoms with Crippen LogP contribution in [-0.2, 0) is 10.0 Å². The monoisotopic (exact) mass is 320 g/mol.